The van der Waals surface area contributed by atoms with Crippen molar-refractivity contribution in [2.45, 2.75) is 6.42 Å². The fraction of sp³-hybridized carbons (Fsp3) is 0.364. The normalized spacial score (nSPS) is 20.6. The first-order valence-corrected chi connectivity index (χ1v) is 6.92. The average molecular weight is 370 g/mol. The molecule has 0 aliphatic carbocycles. The lowest BCUT2D eigenvalue weighted by molar-refractivity contribution is -0.117. The van der Waals surface area contributed by atoms with Crippen LogP contribution in [0.1, 0.15) is 6.42 Å². The number of halogens is 3. The van der Waals surface area contributed by atoms with E-state index in [1.807, 2.05) is 18.2 Å². The summed E-state index contributed by atoms with van der Waals surface area (Å²) in [6.07, 6.45) is 0.544. The highest BCUT2D eigenvalue weighted by Crippen LogP contribution is 2.29. The molecule has 1 aliphatic heterocycles. The molecule has 2 nitrogen and oxygen atoms in total. The average Bonchev–Trinajstić information content (AvgIpc) is 2.64. The second-order valence-corrected chi connectivity index (χ2v) is 5.71. The van der Waals surface area contributed by atoms with Crippen molar-refractivity contribution in [2.24, 2.45) is 5.92 Å². The van der Waals surface area contributed by atoms with Crippen LogP contribution in [0.4, 0.5) is 5.69 Å². The number of hydrogen-bond acceptors (Lipinski definition) is 1. The Balaban J connectivity index is 2.24. The van der Waals surface area contributed by atoms with E-state index in [0.717, 1.165) is 9.26 Å². The van der Waals surface area contributed by atoms with Gasteiger partial charge in [0.1, 0.15) is 0 Å². The maximum Gasteiger partial charge on any atom is 0.227 e. The van der Waals surface area contributed by atoms with Gasteiger partial charge < -0.3 is 4.90 Å². The third-order valence-electron chi connectivity index (χ3n) is 2.64. The van der Waals surface area contributed by atoms with Crippen molar-refractivity contribution in [1.82, 2.24) is 0 Å². The molecule has 0 aromatic heterocycles. The lowest BCUT2D eigenvalue weighted by atomic mass is 10.1. The molecule has 0 bridgehead atoms. The van der Waals surface area contributed by atoms with E-state index < -0.39 is 0 Å². The molecule has 1 aliphatic rings. The molecule has 1 unspecified atom stereocenters. The van der Waals surface area contributed by atoms with Crippen LogP contribution in [-0.2, 0) is 4.79 Å². The maximum atomic E-state index is 11.8. The van der Waals surface area contributed by atoms with E-state index in [9.17, 15) is 4.79 Å². The smallest absolute Gasteiger partial charge is 0.227 e. The van der Waals surface area contributed by atoms with Crippen LogP contribution in [0.15, 0.2) is 18.2 Å². The Hall–Kier alpha value is -0.000000000000000111. The van der Waals surface area contributed by atoms with E-state index in [-0.39, 0.29) is 11.8 Å². The number of rotatable bonds is 2. The number of benzene rings is 1. The highest BCUT2D eigenvalue weighted by atomic mass is 127. The zero-order valence-electron chi connectivity index (χ0n) is 8.42. The number of carbonyl (C=O) groups excluding carboxylic acids is 1. The van der Waals surface area contributed by atoms with Gasteiger partial charge >= 0.3 is 0 Å². The summed E-state index contributed by atoms with van der Waals surface area (Å²) < 4.78 is 0.957. The number of amides is 1. The van der Waals surface area contributed by atoms with Crippen LogP contribution in [0.2, 0.25) is 5.02 Å². The Kier molecular flexibility index (Phi) is 3.97. The molecule has 86 valence electrons. The molecule has 5 heteroatoms. The van der Waals surface area contributed by atoms with Gasteiger partial charge in [-0.3, -0.25) is 4.79 Å². The van der Waals surface area contributed by atoms with Crippen LogP contribution in [0.5, 0.6) is 0 Å². The quantitative estimate of drug-likeness (QED) is 0.576. The van der Waals surface area contributed by atoms with Crippen molar-refractivity contribution in [1.29, 1.82) is 0 Å². The summed E-state index contributed by atoms with van der Waals surface area (Å²) in [6.45, 7) is 0.708. The van der Waals surface area contributed by atoms with E-state index in [0.29, 0.717) is 23.9 Å². The molecule has 1 aromatic carbocycles. The first-order chi connectivity index (χ1) is 7.61. The maximum absolute atomic E-state index is 11.8. The molecule has 0 saturated carbocycles. The van der Waals surface area contributed by atoms with Crippen LogP contribution in [0.3, 0.4) is 0 Å². The van der Waals surface area contributed by atoms with Gasteiger partial charge in [-0.15, -0.1) is 11.6 Å². The summed E-state index contributed by atoms with van der Waals surface area (Å²) in [5, 5.41) is 0.713. The zero-order chi connectivity index (χ0) is 11.7. The molecular formula is C11H10Cl2INO. The van der Waals surface area contributed by atoms with Crippen molar-refractivity contribution in [3.05, 3.63) is 26.8 Å². The zero-order valence-corrected chi connectivity index (χ0v) is 12.1. The standard InChI is InChI=1S/C11H10Cl2INO/c12-5-7-3-11(16)15(6-7)8-1-2-9(13)10(14)4-8/h1-2,4,7H,3,5-6H2. The third kappa shape index (κ3) is 2.46. The molecule has 1 amide bonds. The van der Waals surface area contributed by atoms with Gasteiger partial charge in [0.15, 0.2) is 0 Å². The van der Waals surface area contributed by atoms with Crippen molar-refractivity contribution in [3.63, 3.8) is 0 Å². The molecule has 0 spiro atoms. The summed E-state index contributed by atoms with van der Waals surface area (Å²) in [4.78, 5) is 13.6. The molecule has 2 rings (SSSR count). The van der Waals surface area contributed by atoms with Crippen LogP contribution >= 0.6 is 45.8 Å². The van der Waals surface area contributed by atoms with E-state index in [2.05, 4.69) is 22.6 Å². The van der Waals surface area contributed by atoms with Crippen LogP contribution in [0, 0.1) is 9.49 Å². The van der Waals surface area contributed by atoms with Crippen molar-refractivity contribution in [2.75, 3.05) is 17.3 Å². The van der Waals surface area contributed by atoms with Gasteiger partial charge in [-0.25, -0.2) is 0 Å². The summed E-state index contributed by atoms with van der Waals surface area (Å²) in [7, 11) is 0. The Bertz CT molecular complexity index is 424. The molecule has 0 N–H and O–H groups in total. The molecular weight excluding hydrogens is 360 g/mol. The van der Waals surface area contributed by atoms with Crippen molar-refractivity contribution < 1.29 is 4.79 Å². The minimum atomic E-state index is 0.142. The minimum Gasteiger partial charge on any atom is -0.312 e. The van der Waals surface area contributed by atoms with Crippen LogP contribution in [0.25, 0.3) is 0 Å². The molecule has 16 heavy (non-hydrogen) atoms. The van der Waals surface area contributed by atoms with Gasteiger partial charge in [-0.1, -0.05) is 11.6 Å². The summed E-state index contributed by atoms with van der Waals surface area (Å²) >= 11 is 13.9. The Morgan fingerprint density at radius 2 is 2.25 bits per heavy atom. The largest absolute Gasteiger partial charge is 0.312 e. The van der Waals surface area contributed by atoms with Crippen molar-refractivity contribution >= 4 is 57.4 Å². The Morgan fingerprint density at radius 3 is 2.81 bits per heavy atom. The molecule has 1 heterocycles. The van der Waals surface area contributed by atoms with E-state index in [1.165, 1.54) is 0 Å². The number of nitrogens with zero attached hydrogens (tertiary/aromatic N) is 1. The fourth-order valence-corrected chi connectivity index (χ4v) is 2.61. The number of hydrogen-bond donors (Lipinski definition) is 0. The Morgan fingerprint density at radius 1 is 1.50 bits per heavy atom. The van der Waals surface area contributed by atoms with Crippen LogP contribution in [-0.4, -0.2) is 18.3 Å². The molecule has 1 aromatic rings. The predicted molar refractivity (Wildman–Crippen MR) is 75.3 cm³/mol. The summed E-state index contributed by atoms with van der Waals surface area (Å²) in [6, 6.07) is 5.62. The van der Waals surface area contributed by atoms with Gasteiger partial charge in [-0.05, 0) is 46.7 Å². The number of alkyl halides is 1. The van der Waals surface area contributed by atoms with Gasteiger partial charge in [0.2, 0.25) is 5.91 Å². The second-order valence-electron chi connectivity index (χ2n) is 3.83. The van der Waals surface area contributed by atoms with Gasteiger partial charge in [-0.2, -0.15) is 0 Å². The van der Waals surface area contributed by atoms with E-state index in [4.69, 9.17) is 23.2 Å². The summed E-state index contributed by atoms with van der Waals surface area (Å²) in [5.74, 6) is 0.943. The van der Waals surface area contributed by atoms with E-state index >= 15 is 0 Å². The Labute approximate surface area is 118 Å². The molecule has 1 fully saturated rings. The molecule has 0 radical (unpaired) electrons. The summed E-state index contributed by atoms with van der Waals surface area (Å²) in [5.41, 5.74) is 0.909. The molecule has 1 saturated heterocycles. The predicted octanol–water partition coefficient (Wildman–Crippen LogP) is 3.54. The van der Waals surface area contributed by atoms with Crippen molar-refractivity contribution in [3.8, 4) is 0 Å². The number of carbonyl (C=O) groups is 1. The van der Waals surface area contributed by atoms with Gasteiger partial charge in [0.05, 0.1) is 5.02 Å². The lowest BCUT2D eigenvalue weighted by Crippen LogP contribution is -2.24. The monoisotopic (exact) mass is 369 g/mol. The lowest BCUT2D eigenvalue weighted by Gasteiger charge is -2.17. The highest BCUT2D eigenvalue weighted by Gasteiger charge is 2.29. The van der Waals surface area contributed by atoms with Gasteiger partial charge in [0, 0.05) is 28.1 Å². The van der Waals surface area contributed by atoms with Gasteiger partial charge in [0.25, 0.3) is 0 Å². The fourth-order valence-electron chi connectivity index (χ4n) is 1.79. The topological polar surface area (TPSA) is 20.3 Å². The van der Waals surface area contributed by atoms with Crippen LogP contribution < -0.4 is 4.90 Å². The SMILES string of the molecule is O=C1CC(CCl)CN1c1ccc(Cl)c(I)c1. The minimum absolute atomic E-state index is 0.142. The third-order valence-corrected chi connectivity index (χ3v) is 4.62. The molecule has 1 atom stereocenters. The second kappa shape index (κ2) is 5.10. The van der Waals surface area contributed by atoms with E-state index in [1.54, 1.807) is 4.90 Å². The first-order valence-electron chi connectivity index (χ1n) is 4.93. The highest BCUT2D eigenvalue weighted by molar-refractivity contribution is 14.1. The number of anilines is 1. The first kappa shape index (κ1) is 12.5.